The van der Waals surface area contributed by atoms with Gasteiger partial charge in [0.05, 0.1) is 0 Å². The number of piperazine rings is 3. The third-order valence-corrected chi connectivity index (χ3v) is 17.3. The Kier molecular flexibility index (Phi) is 20.2. The van der Waals surface area contributed by atoms with E-state index in [1.807, 2.05) is 58.6 Å². The van der Waals surface area contributed by atoms with Gasteiger partial charge in [0.2, 0.25) is 0 Å². The predicted octanol–water partition coefficient (Wildman–Crippen LogP) is 12.7. The summed E-state index contributed by atoms with van der Waals surface area (Å²) in [6.07, 6.45) is 10.2. The van der Waals surface area contributed by atoms with Crippen molar-refractivity contribution in [3.8, 4) is 5.75 Å². The molecular formula is C67H100BN6O6. The van der Waals surface area contributed by atoms with Crippen LogP contribution < -0.4 is 25.1 Å². The summed E-state index contributed by atoms with van der Waals surface area (Å²) < 4.78 is 15.6. The molecule has 4 aromatic rings. The predicted molar refractivity (Wildman–Crippen MR) is 330 cm³/mol. The lowest BCUT2D eigenvalue weighted by Gasteiger charge is -2.37. The first-order valence-electron chi connectivity index (χ1n) is 30.0. The first kappa shape index (κ1) is 62.4. The Balaban J connectivity index is 0.000000148. The lowest BCUT2D eigenvalue weighted by Crippen LogP contribution is -2.50. The minimum absolute atomic E-state index is 0.199. The molecule has 437 valence electrons. The summed E-state index contributed by atoms with van der Waals surface area (Å²) in [7, 11) is 0.716. The van der Waals surface area contributed by atoms with Crippen LogP contribution in [0.25, 0.3) is 0 Å². The number of amides is 2. The number of hydrogen-bond acceptors (Lipinski definition) is 10. The van der Waals surface area contributed by atoms with E-state index in [-0.39, 0.29) is 17.8 Å². The molecule has 2 amide bonds. The van der Waals surface area contributed by atoms with E-state index in [9.17, 15) is 9.59 Å². The maximum absolute atomic E-state index is 12.2. The Morgan fingerprint density at radius 1 is 0.463 bits per heavy atom. The molecule has 4 saturated carbocycles. The van der Waals surface area contributed by atoms with Crippen LogP contribution in [0.15, 0.2) is 72.8 Å². The molecule has 0 spiro atoms. The highest BCUT2D eigenvalue weighted by Gasteiger charge is 2.42. The molecule has 13 heteroatoms. The van der Waals surface area contributed by atoms with Crippen LogP contribution >= 0.6 is 0 Å². The summed E-state index contributed by atoms with van der Waals surface area (Å²) in [6, 6.07) is 26.7. The van der Waals surface area contributed by atoms with Crippen LogP contribution in [0, 0.1) is 34.6 Å². The van der Waals surface area contributed by atoms with Crippen molar-refractivity contribution in [2.24, 2.45) is 0 Å². The third kappa shape index (κ3) is 17.6. The zero-order valence-electron chi connectivity index (χ0n) is 51.9. The van der Waals surface area contributed by atoms with Crippen molar-refractivity contribution in [1.82, 2.24) is 20.4 Å². The SMILES string of the molecule is CC(C)(C)OC(=O)N1CCNCC1.Cc1cc(N2CCN(C(=O)OC(C)(C)C)CC2)ccc1C1(C)CC1.Cc1cc(N2CCNCC2)ccc1C1(C)CC1.Cc1cc(O[B]O)ccc1C1(C)CC1.Cc1ccc(C2(C)CC2)c(C)c1. The third-order valence-electron chi connectivity index (χ3n) is 17.3. The van der Waals surface area contributed by atoms with Crippen molar-refractivity contribution in [2.75, 3.05) is 88.3 Å². The van der Waals surface area contributed by atoms with Crippen LogP contribution in [0.2, 0.25) is 0 Å². The second kappa shape index (κ2) is 25.9. The minimum Gasteiger partial charge on any atom is -0.537 e. The quantitative estimate of drug-likeness (QED) is 0.147. The molecule has 12 nitrogen and oxygen atoms in total. The highest BCUT2D eigenvalue weighted by molar-refractivity contribution is 6.17. The molecule has 0 atom stereocenters. The van der Waals surface area contributed by atoms with Gasteiger partial charge >= 0.3 is 19.9 Å². The highest BCUT2D eigenvalue weighted by Crippen LogP contribution is 2.51. The molecule has 1 radical (unpaired) electrons. The molecule has 4 aromatic carbocycles. The number of rotatable bonds is 8. The molecule has 0 aromatic heterocycles. The van der Waals surface area contributed by atoms with Gasteiger partial charge < -0.3 is 49.4 Å². The first-order chi connectivity index (χ1) is 37.6. The number of anilines is 2. The molecule has 0 unspecified atom stereocenters. The van der Waals surface area contributed by atoms with Crippen molar-refractivity contribution in [1.29, 1.82) is 0 Å². The molecule has 7 fully saturated rings. The number of nitrogens with one attached hydrogen (secondary N) is 2. The lowest BCUT2D eigenvalue weighted by molar-refractivity contribution is 0.0223. The largest absolute Gasteiger partial charge is 0.569 e. The summed E-state index contributed by atoms with van der Waals surface area (Å²) in [5, 5.41) is 15.1. The van der Waals surface area contributed by atoms with Gasteiger partial charge in [-0.25, -0.2) is 9.59 Å². The van der Waals surface area contributed by atoms with Gasteiger partial charge in [-0.1, -0.05) is 69.7 Å². The van der Waals surface area contributed by atoms with Gasteiger partial charge in [-0.3, -0.25) is 0 Å². The number of benzene rings is 4. The van der Waals surface area contributed by atoms with E-state index in [2.05, 4.69) is 143 Å². The second-order valence-corrected chi connectivity index (χ2v) is 27.2. The average molecular weight is 1100 g/mol. The summed E-state index contributed by atoms with van der Waals surface area (Å²) in [4.78, 5) is 32.1. The molecule has 0 bridgehead atoms. The van der Waals surface area contributed by atoms with Gasteiger partial charge in [0.15, 0.2) is 0 Å². The van der Waals surface area contributed by atoms with E-state index in [1.165, 1.54) is 102 Å². The number of nitrogens with zero attached hydrogens (tertiary/aromatic N) is 4. The van der Waals surface area contributed by atoms with Crippen LogP contribution in [-0.2, 0) is 31.1 Å². The Bertz CT molecular complexity index is 2710. The average Bonchev–Trinajstić information content (AvgIpc) is 4.43. The fraction of sp³-hybridized carbons (Fsp3) is 0.612. The van der Waals surface area contributed by atoms with Gasteiger partial charge in [0, 0.05) is 89.9 Å². The van der Waals surface area contributed by atoms with E-state index in [1.54, 1.807) is 16.0 Å². The van der Waals surface area contributed by atoms with Gasteiger partial charge in [-0.15, -0.1) is 0 Å². The number of carbonyl (C=O) groups excluding carboxylic acids is 2. The van der Waals surface area contributed by atoms with Gasteiger partial charge in [-0.05, 0) is 230 Å². The van der Waals surface area contributed by atoms with Gasteiger partial charge in [0.1, 0.15) is 17.0 Å². The lowest BCUT2D eigenvalue weighted by atomic mass is 9.93. The van der Waals surface area contributed by atoms with Crippen LogP contribution in [0.5, 0.6) is 5.75 Å². The Morgan fingerprint density at radius 2 is 0.800 bits per heavy atom. The summed E-state index contributed by atoms with van der Waals surface area (Å²) >= 11 is 0. The number of hydrogen-bond donors (Lipinski definition) is 3. The van der Waals surface area contributed by atoms with Crippen LogP contribution in [0.1, 0.15) is 171 Å². The van der Waals surface area contributed by atoms with Gasteiger partial charge in [-0.2, -0.15) is 0 Å². The van der Waals surface area contributed by atoms with E-state index in [0.29, 0.717) is 48.2 Å². The van der Waals surface area contributed by atoms with E-state index >= 15 is 0 Å². The summed E-state index contributed by atoms with van der Waals surface area (Å²) in [5.41, 5.74) is 16.7. The monoisotopic (exact) mass is 1100 g/mol. The van der Waals surface area contributed by atoms with Crippen molar-refractivity contribution >= 4 is 31.2 Å². The molecule has 7 aliphatic rings. The smallest absolute Gasteiger partial charge is 0.537 e. The number of ether oxygens (including phenoxy) is 2. The fourth-order valence-corrected chi connectivity index (χ4v) is 11.4. The first-order valence-corrected chi connectivity index (χ1v) is 30.0. The second-order valence-electron chi connectivity index (χ2n) is 27.2. The van der Waals surface area contributed by atoms with Crippen molar-refractivity contribution < 1.29 is 28.7 Å². The molecule has 80 heavy (non-hydrogen) atoms. The normalized spacial score (nSPS) is 19.8. The Hall–Kier alpha value is -5.24. The summed E-state index contributed by atoms with van der Waals surface area (Å²) in [6.45, 7) is 42.6. The number of aryl methyl sites for hydroxylation is 5. The molecular weight excluding hydrogens is 996 g/mol. The molecule has 3 saturated heterocycles. The van der Waals surface area contributed by atoms with Gasteiger partial charge in [0.25, 0.3) is 0 Å². The number of carbonyl (C=O) groups is 2. The van der Waals surface area contributed by atoms with Crippen LogP contribution in [0.4, 0.5) is 21.0 Å². The summed E-state index contributed by atoms with van der Waals surface area (Å²) in [5.74, 6) is 0.693. The zero-order valence-corrected chi connectivity index (χ0v) is 51.9. The molecule has 3 aliphatic heterocycles. The standard InChI is InChI=1S/C20H30N2O2.C15H22N2.C12H16.C11H14BO2.C9H18N2O2/c1-15-14-16(6-7-17(15)20(5)8-9-20)21-10-12-22(13-11-21)18(23)24-19(2,3)4;1-12-11-13(17-9-7-16-8-10-17)3-4-14(12)15(2)5-6-15;1-9-4-5-11(10(2)8-9)12(3)6-7-12;1-8-7-9(14-12-13)3-4-10(8)11(2)5-6-11;1-9(2,3)13-8(12)11-6-4-10-5-7-11/h6-7,14H,8-13H2,1-5H3;3-4,11,16H,5-10H2,1-2H3;4-5,8H,6-7H2,1-3H3;3-4,7,13H,5-6H2,1-2H3;10H,4-7H2,1-3H3. The highest BCUT2D eigenvalue weighted by atomic mass is 16.6. The minimum atomic E-state index is -0.430. The topological polar surface area (TPSA) is 119 Å². The van der Waals surface area contributed by atoms with E-state index in [0.717, 1.165) is 65.4 Å². The van der Waals surface area contributed by atoms with Crippen LogP contribution in [-0.4, -0.2) is 124 Å². The molecule has 11 rings (SSSR count). The van der Waals surface area contributed by atoms with E-state index < -0.39 is 5.60 Å². The molecule has 3 heterocycles. The fourth-order valence-electron chi connectivity index (χ4n) is 11.4. The van der Waals surface area contributed by atoms with Crippen molar-refractivity contribution in [3.05, 3.63) is 123 Å². The Labute approximate surface area is 483 Å². The van der Waals surface area contributed by atoms with Crippen molar-refractivity contribution in [3.63, 3.8) is 0 Å². The Morgan fingerprint density at radius 3 is 1.15 bits per heavy atom. The maximum Gasteiger partial charge on any atom is 0.569 e. The zero-order chi connectivity index (χ0) is 58.3. The van der Waals surface area contributed by atoms with E-state index in [4.69, 9.17) is 19.2 Å². The molecule has 3 N–H and O–H groups in total. The van der Waals surface area contributed by atoms with Crippen LogP contribution in [0.3, 0.4) is 0 Å². The maximum atomic E-state index is 12.2. The molecule has 4 aliphatic carbocycles. The van der Waals surface area contributed by atoms with Crippen molar-refractivity contribution in [2.45, 2.75) is 188 Å².